The number of furan rings is 1. The van der Waals surface area contributed by atoms with E-state index < -0.39 is 0 Å². The quantitative estimate of drug-likeness (QED) is 0.602. The number of hydrogen-bond acceptors (Lipinski definition) is 3. The van der Waals surface area contributed by atoms with Crippen LogP contribution in [0, 0.1) is 0 Å². The SMILES string of the molecule is O=C1C[C@H]2O[C@@H](c3ccco3)CN12. The van der Waals surface area contributed by atoms with Crippen molar-refractivity contribution in [3.63, 3.8) is 0 Å². The van der Waals surface area contributed by atoms with E-state index >= 15 is 0 Å². The van der Waals surface area contributed by atoms with E-state index in [1.165, 1.54) is 0 Å². The van der Waals surface area contributed by atoms with Gasteiger partial charge in [0.25, 0.3) is 0 Å². The summed E-state index contributed by atoms with van der Waals surface area (Å²) in [6, 6.07) is 3.71. The highest BCUT2D eigenvalue weighted by Crippen LogP contribution is 2.36. The Bertz CT molecular complexity index is 333. The highest BCUT2D eigenvalue weighted by atomic mass is 16.5. The first-order chi connectivity index (χ1) is 6.34. The molecule has 1 aromatic heterocycles. The molecule has 0 N–H and O–H groups in total. The Labute approximate surface area is 75.1 Å². The van der Waals surface area contributed by atoms with E-state index in [0.717, 1.165) is 5.76 Å². The molecule has 0 bridgehead atoms. The predicted molar refractivity (Wildman–Crippen MR) is 42.7 cm³/mol. The molecule has 0 aliphatic carbocycles. The Morgan fingerprint density at radius 3 is 3.08 bits per heavy atom. The van der Waals surface area contributed by atoms with Gasteiger partial charge in [-0.05, 0) is 12.1 Å². The lowest BCUT2D eigenvalue weighted by Crippen LogP contribution is -2.48. The van der Waals surface area contributed by atoms with E-state index in [1.54, 1.807) is 11.2 Å². The third-order valence-corrected chi connectivity index (χ3v) is 2.56. The van der Waals surface area contributed by atoms with Crippen LogP contribution in [-0.2, 0) is 9.53 Å². The molecule has 68 valence electrons. The summed E-state index contributed by atoms with van der Waals surface area (Å²) in [5.41, 5.74) is 0. The second kappa shape index (κ2) is 2.35. The normalized spacial score (nSPS) is 31.7. The maximum absolute atomic E-state index is 11.0. The molecule has 2 aliphatic heterocycles. The van der Waals surface area contributed by atoms with Crippen molar-refractivity contribution in [3.8, 4) is 0 Å². The number of fused-ring (bicyclic) bond motifs is 1. The first kappa shape index (κ1) is 7.15. The Morgan fingerprint density at radius 1 is 1.54 bits per heavy atom. The molecule has 1 amide bonds. The van der Waals surface area contributed by atoms with Crippen LogP contribution in [0.15, 0.2) is 22.8 Å². The molecule has 0 aromatic carbocycles. The number of carbonyl (C=O) groups excluding carboxylic acids is 1. The molecule has 4 nitrogen and oxygen atoms in total. The van der Waals surface area contributed by atoms with Crippen molar-refractivity contribution in [1.82, 2.24) is 4.90 Å². The molecule has 2 saturated heterocycles. The van der Waals surface area contributed by atoms with E-state index in [1.807, 2.05) is 12.1 Å². The zero-order valence-corrected chi connectivity index (χ0v) is 6.97. The maximum atomic E-state index is 11.0. The molecule has 13 heavy (non-hydrogen) atoms. The van der Waals surface area contributed by atoms with Crippen molar-refractivity contribution in [3.05, 3.63) is 24.2 Å². The number of rotatable bonds is 1. The molecule has 2 fully saturated rings. The predicted octanol–water partition coefficient (Wildman–Crippen LogP) is 0.909. The Hall–Kier alpha value is -1.29. The second-order valence-electron chi connectivity index (χ2n) is 3.35. The van der Waals surface area contributed by atoms with E-state index in [9.17, 15) is 4.79 Å². The minimum atomic E-state index is -0.0635. The number of ether oxygens (including phenoxy) is 1. The summed E-state index contributed by atoms with van der Waals surface area (Å²) in [5, 5.41) is 0. The molecule has 2 aliphatic rings. The van der Waals surface area contributed by atoms with Gasteiger partial charge in [-0.25, -0.2) is 0 Å². The van der Waals surface area contributed by atoms with E-state index in [0.29, 0.717) is 13.0 Å². The molecule has 2 atom stereocenters. The van der Waals surface area contributed by atoms with Gasteiger partial charge in [0.1, 0.15) is 18.1 Å². The lowest BCUT2D eigenvalue weighted by molar-refractivity contribution is -0.156. The summed E-state index contributed by atoms with van der Waals surface area (Å²) in [4.78, 5) is 12.8. The van der Waals surface area contributed by atoms with Gasteiger partial charge < -0.3 is 14.1 Å². The lowest BCUT2D eigenvalue weighted by Gasteiger charge is -2.31. The van der Waals surface area contributed by atoms with Crippen LogP contribution in [0.1, 0.15) is 18.3 Å². The number of amides is 1. The number of β-lactam (4-membered cyclic amide) rings is 1. The van der Waals surface area contributed by atoms with E-state index in [4.69, 9.17) is 9.15 Å². The Morgan fingerprint density at radius 2 is 2.46 bits per heavy atom. The first-order valence-corrected chi connectivity index (χ1v) is 4.33. The molecular weight excluding hydrogens is 170 g/mol. The van der Waals surface area contributed by atoms with Gasteiger partial charge >= 0.3 is 0 Å². The van der Waals surface area contributed by atoms with Gasteiger partial charge in [0.15, 0.2) is 0 Å². The Kier molecular flexibility index (Phi) is 1.29. The minimum absolute atomic E-state index is 0.00241. The van der Waals surface area contributed by atoms with Gasteiger partial charge in [-0.1, -0.05) is 0 Å². The Balaban J connectivity index is 1.80. The van der Waals surface area contributed by atoms with Crippen LogP contribution in [0.2, 0.25) is 0 Å². The van der Waals surface area contributed by atoms with Crippen LogP contribution in [0.4, 0.5) is 0 Å². The van der Waals surface area contributed by atoms with Crippen molar-refractivity contribution < 1.29 is 13.9 Å². The third kappa shape index (κ3) is 0.920. The van der Waals surface area contributed by atoms with Crippen LogP contribution >= 0.6 is 0 Å². The van der Waals surface area contributed by atoms with Crippen LogP contribution in [0.25, 0.3) is 0 Å². The van der Waals surface area contributed by atoms with Crippen LogP contribution in [0.3, 0.4) is 0 Å². The molecule has 0 radical (unpaired) electrons. The summed E-state index contributed by atoms with van der Waals surface area (Å²) in [6.45, 7) is 0.636. The van der Waals surface area contributed by atoms with Gasteiger partial charge in [-0.2, -0.15) is 0 Å². The van der Waals surface area contributed by atoms with Gasteiger partial charge in [0.2, 0.25) is 5.91 Å². The smallest absolute Gasteiger partial charge is 0.229 e. The number of nitrogens with zero attached hydrogens (tertiary/aromatic N) is 1. The molecule has 3 rings (SSSR count). The second-order valence-corrected chi connectivity index (χ2v) is 3.35. The number of hydrogen-bond donors (Lipinski definition) is 0. The van der Waals surface area contributed by atoms with Gasteiger partial charge in [0, 0.05) is 0 Å². The average molecular weight is 179 g/mol. The highest BCUT2D eigenvalue weighted by Gasteiger charge is 2.46. The highest BCUT2D eigenvalue weighted by molar-refractivity contribution is 5.83. The van der Waals surface area contributed by atoms with Crippen LogP contribution in [-0.4, -0.2) is 23.6 Å². The van der Waals surface area contributed by atoms with Crippen molar-refractivity contribution in [1.29, 1.82) is 0 Å². The largest absolute Gasteiger partial charge is 0.467 e. The van der Waals surface area contributed by atoms with Crippen molar-refractivity contribution in [2.24, 2.45) is 0 Å². The van der Waals surface area contributed by atoms with E-state index in [2.05, 4.69) is 0 Å². The standard InChI is InChI=1S/C9H9NO3/c11-8-4-9-10(8)5-7(13-9)6-2-1-3-12-6/h1-3,7,9H,4-5H2/t7-,9-/m1/s1. The van der Waals surface area contributed by atoms with Crippen LogP contribution < -0.4 is 0 Å². The summed E-state index contributed by atoms with van der Waals surface area (Å²) in [6.07, 6.45) is 2.09. The molecular formula is C9H9NO3. The third-order valence-electron chi connectivity index (χ3n) is 2.56. The van der Waals surface area contributed by atoms with Gasteiger partial charge in [-0.3, -0.25) is 4.79 Å². The zero-order valence-electron chi connectivity index (χ0n) is 6.97. The zero-order chi connectivity index (χ0) is 8.84. The van der Waals surface area contributed by atoms with Gasteiger partial charge in [-0.15, -0.1) is 0 Å². The fourth-order valence-electron chi connectivity index (χ4n) is 1.81. The average Bonchev–Trinajstić information content (AvgIpc) is 2.69. The molecule has 0 unspecified atom stereocenters. The molecule has 3 heterocycles. The molecule has 0 saturated carbocycles. The van der Waals surface area contributed by atoms with Gasteiger partial charge in [0.05, 0.1) is 19.2 Å². The fraction of sp³-hybridized carbons (Fsp3) is 0.444. The minimum Gasteiger partial charge on any atom is -0.467 e. The summed E-state index contributed by atoms with van der Waals surface area (Å²) in [5.74, 6) is 0.987. The summed E-state index contributed by atoms with van der Waals surface area (Å²) >= 11 is 0. The summed E-state index contributed by atoms with van der Waals surface area (Å²) in [7, 11) is 0. The van der Waals surface area contributed by atoms with Crippen molar-refractivity contribution in [2.45, 2.75) is 18.8 Å². The monoisotopic (exact) mass is 179 g/mol. The lowest BCUT2D eigenvalue weighted by atomic mass is 10.2. The topological polar surface area (TPSA) is 42.7 Å². The first-order valence-electron chi connectivity index (χ1n) is 4.33. The molecule has 1 aromatic rings. The van der Waals surface area contributed by atoms with E-state index in [-0.39, 0.29) is 18.2 Å². The molecule has 4 heteroatoms. The maximum Gasteiger partial charge on any atom is 0.229 e. The van der Waals surface area contributed by atoms with Crippen molar-refractivity contribution >= 4 is 5.91 Å². The van der Waals surface area contributed by atoms with Crippen molar-refractivity contribution in [2.75, 3.05) is 6.54 Å². The molecule has 0 spiro atoms. The number of carbonyl (C=O) groups is 1. The van der Waals surface area contributed by atoms with Crippen LogP contribution in [0.5, 0.6) is 0 Å². The summed E-state index contributed by atoms with van der Waals surface area (Å²) < 4.78 is 10.8. The fourth-order valence-corrected chi connectivity index (χ4v) is 1.81.